The van der Waals surface area contributed by atoms with Crippen molar-refractivity contribution in [3.8, 4) is 0 Å². The first-order valence-electron chi connectivity index (χ1n) is 6.40. The van der Waals surface area contributed by atoms with Gasteiger partial charge in [0.25, 0.3) is 0 Å². The second-order valence-electron chi connectivity index (χ2n) is 4.55. The number of aryl methyl sites for hydroxylation is 1. The Kier molecular flexibility index (Phi) is 4.73. The normalized spacial score (nSPS) is 12.7. The summed E-state index contributed by atoms with van der Waals surface area (Å²) in [6.07, 6.45) is 2.36. The number of benzene rings is 1. The molecule has 1 aromatic carbocycles. The Bertz CT molecular complexity index is 579. The molecule has 6 heteroatoms. The molecule has 1 N–H and O–H groups in total. The van der Waals surface area contributed by atoms with Crippen molar-refractivity contribution in [2.45, 2.75) is 19.4 Å². The molecule has 1 atom stereocenters. The lowest BCUT2D eigenvalue weighted by Gasteiger charge is -2.20. The van der Waals surface area contributed by atoms with Crippen LogP contribution in [0, 0.1) is 11.6 Å². The van der Waals surface area contributed by atoms with Crippen LogP contribution in [0.5, 0.6) is 0 Å². The van der Waals surface area contributed by atoms with Crippen LogP contribution in [0.4, 0.5) is 8.78 Å². The first-order valence-corrected chi connectivity index (χ1v) is 6.78. The Morgan fingerprint density at radius 1 is 1.40 bits per heavy atom. The van der Waals surface area contributed by atoms with E-state index in [4.69, 9.17) is 11.6 Å². The van der Waals surface area contributed by atoms with E-state index in [0.717, 1.165) is 18.6 Å². The molecule has 2 rings (SSSR count). The summed E-state index contributed by atoms with van der Waals surface area (Å²) in [7, 11) is 1.72. The molecule has 0 aliphatic rings. The third-order valence-electron chi connectivity index (χ3n) is 3.08. The second kappa shape index (κ2) is 6.33. The summed E-state index contributed by atoms with van der Waals surface area (Å²) in [5.41, 5.74) is 0.841. The molecule has 0 saturated heterocycles. The predicted octanol–water partition coefficient (Wildman–Crippen LogP) is 3.44. The van der Waals surface area contributed by atoms with Gasteiger partial charge in [0.15, 0.2) is 0 Å². The molecule has 0 saturated carbocycles. The van der Waals surface area contributed by atoms with E-state index in [2.05, 4.69) is 10.4 Å². The van der Waals surface area contributed by atoms with Gasteiger partial charge in [0.1, 0.15) is 11.6 Å². The highest BCUT2D eigenvalue weighted by molar-refractivity contribution is 6.31. The first kappa shape index (κ1) is 14.9. The topological polar surface area (TPSA) is 29.9 Å². The van der Waals surface area contributed by atoms with Gasteiger partial charge in [-0.1, -0.05) is 18.5 Å². The highest BCUT2D eigenvalue weighted by atomic mass is 35.5. The van der Waals surface area contributed by atoms with Crippen molar-refractivity contribution in [2.75, 3.05) is 6.54 Å². The number of nitrogens with one attached hydrogen (secondary N) is 1. The van der Waals surface area contributed by atoms with E-state index < -0.39 is 17.7 Å². The van der Waals surface area contributed by atoms with Crippen LogP contribution in [0.15, 0.2) is 24.4 Å². The second-order valence-corrected chi connectivity index (χ2v) is 4.96. The SMILES string of the molecule is CCCNC(c1cc(F)ccc1F)c1c(Cl)cnn1C. The summed E-state index contributed by atoms with van der Waals surface area (Å²) in [5.74, 6) is -0.958. The Morgan fingerprint density at radius 2 is 2.15 bits per heavy atom. The van der Waals surface area contributed by atoms with Gasteiger partial charge in [-0.3, -0.25) is 4.68 Å². The van der Waals surface area contributed by atoms with Crippen molar-refractivity contribution in [1.29, 1.82) is 0 Å². The van der Waals surface area contributed by atoms with Crippen LogP contribution in [0.25, 0.3) is 0 Å². The zero-order chi connectivity index (χ0) is 14.7. The van der Waals surface area contributed by atoms with Gasteiger partial charge in [-0.15, -0.1) is 0 Å². The van der Waals surface area contributed by atoms with Gasteiger partial charge in [-0.25, -0.2) is 8.78 Å². The Morgan fingerprint density at radius 3 is 2.75 bits per heavy atom. The maximum Gasteiger partial charge on any atom is 0.128 e. The molecule has 0 fully saturated rings. The average Bonchev–Trinajstić information content (AvgIpc) is 2.74. The maximum absolute atomic E-state index is 14.0. The number of rotatable bonds is 5. The summed E-state index contributed by atoms with van der Waals surface area (Å²) in [5, 5.41) is 7.66. The highest BCUT2D eigenvalue weighted by Gasteiger charge is 2.23. The fourth-order valence-electron chi connectivity index (χ4n) is 2.12. The zero-order valence-corrected chi connectivity index (χ0v) is 12.1. The number of hydrogen-bond donors (Lipinski definition) is 1. The van der Waals surface area contributed by atoms with Gasteiger partial charge in [-0.2, -0.15) is 5.10 Å². The van der Waals surface area contributed by atoms with Crippen LogP contribution < -0.4 is 5.32 Å². The van der Waals surface area contributed by atoms with Crippen molar-refractivity contribution < 1.29 is 8.78 Å². The molecule has 1 aromatic heterocycles. The molecule has 0 bridgehead atoms. The van der Waals surface area contributed by atoms with Gasteiger partial charge >= 0.3 is 0 Å². The van der Waals surface area contributed by atoms with Crippen LogP contribution in [-0.2, 0) is 7.05 Å². The molecule has 3 nitrogen and oxygen atoms in total. The molecule has 1 unspecified atom stereocenters. The van der Waals surface area contributed by atoms with E-state index in [1.54, 1.807) is 11.7 Å². The monoisotopic (exact) mass is 299 g/mol. The lowest BCUT2D eigenvalue weighted by atomic mass is 10.0. The third-order valence-corrected chi connectivity index (χ3v) is 3.37. The van der Waals surface area contributed by atoms with Crippen LogP contribution >= 0.6 is 11.6 Å². The first-order chi connectivity index (χ1) is 9.54. The summed E-state index contributed by atoms with van der Waals surface area (Å²) in [6.45, 7) is 2.65. The molecule has 0 radical (unpaired) electrons. The van der Waals surface area contributed by atoms with Gasteiger partial charge in [-0.05, 0) is 31.2 Å². The van der Waals surface area contributed by atoms with E-state index in [1.807, 2.05) is 6.92 Å². The largest absolute Gasteiger partial charge is 0.305 e. The van der Waals surface area contributed by atoms with Gasteiger partial charge < -0.3 is 5.32 Å². The van der Waals surface area contributed by atoms with Crippen molar-refractivity contribution in [2.24, 2.45) is 7.05 Å². The lowest BCUT2D eigenvalue weighted by molar-refractivity contribution is 0.512. The molecule has 2 aromatic rings. The molecule has 0 spiro atoms. The smallest absolute Gasteiger partial charge is 0.128 e. The number of hydrogen-bond acceptors (Lipinski definition) is 2. The van der Waals surface area contributed by atoms with E-state index in [9.17, 15) is 8.78 Å². The number of aromatic nitrogens is 2. The highest BCUT2D eigenvalue weighted by Crippen LogP contribution is 2.29. The Hall–Kier alpha value is -1.46. The minimum Gasteiger partial charge on any atom is -0.305 e. The minimum atomic E-state index is -0.536. The molecule has 0 aliphatic heterocycles. The van der Waals surface area contributed by atoms with Crippen LogP contribution in [0.2, 0.25) is 5.02 Å². The average molecular weight is 300 g/mol. The predicted molar refractivity (Wildman–Crippen MR) is 74.7 cm³/mol. The van der Waals surface area contributed by atoms with E-state index in [-0.39, 0.29) is 5.56 Å². The van der Waals surface area contributed by atoms with Crippen LogP contribution in [0.3, 0.4) is 0 Å². The Labute approximate surface area is 121 Å². The molecule has 1 heterocycles. The van der Waals surface area contributed by atoms with Crippen LogP contribution in [0.1, 0.15) is 30.6 Å². The third kappa shape index (κ3) is 2.99. The fourth-order valence-corrected chi connectivity index (χ4v) is 2.40. The molecular formula is C14H16ClF2N3. The van der Waals surface area contributed by atoms with Crippen LogP contribution in [-0.4, -0.2) is 16.3 Å². The molecule has 0 aliphatic carbocycles. The quantitative estimate of drug-likeness (QED) is 0.916. The number of halogens is 3. The van der Waals surface area contributed by atoms with Gasteiger partial charge in [0.2, 0.25) is 0 Å². The van der Waals surface area contributed by atoms with E-state index in [1.165, 1.54) is 12.3 Å². The maximum atomic E-state index is 14.0. The van der Waals surface area contributed by atoms with Crippen molar-refractivity contribution >= 4 is 11.6 Å². The standard InChI is InChI=1S/C14H16ClF2N3/c1-3-6-18-13(14-11(15)8-19-20(14)2)10-7-9(16)4-5-12(10)17/h4-5,7-8,13,18H,3,6H2,1-2H3. The zero-order valence-electron chi connectivity index (χ0n) is 11.3. The van der Waals surface area contributed by atoms with E-state index >= 15 is 0 Å². The fraction of sp³-hybridized carbons (Fsp3) is 0.357. The van der Waals surface area contributed by atoms with Crippen molar-refractivity contribution in [3.63, 3.8) is 0 Å². The van der Waals surface area contributed by atoms with Crippen molar-refractivity contribution in [3.05, 3.63) is 52.3 Å². The summed E-state index contributed by atoms with van der Waals surface area (Å²) in [6, 6.07) is 2.87. The van der Waals surface area contributed by atoms with Gasteiger partial charge in [0.05, 0.1) is 23.0 Å². The number of nitrogens with zero attached hydrogens (tertiary/aromatic N) is 2. The minimum absolute atomic E-state index is 0.226. The lowest BCUT2D eigenvalue weighted by Crippen LogP contribution is -2.26. The van der Waals surface area contributed by atoms with Gasteiger partial charge in [0, 0.05) is 12.6 Å². The molecule has 0 amide bonds. The Balaban J connectivity index is 2.50. The molecule has 108 valence electrons. The summed E-state index contributed by atoms with van der Waals surface area (Å²) >= 11 is 6.12. The molecule has 20 heavy (non-hydrogen) atoms. The van der Waals surface area contributed by atoms with E-state index in [0.29, 0.717) is 17.3 Å². The van der Waals surface area contributed by atoms with Crippen molar-refractivity contribution in [1.82, 2.24) is 15.1 Å². The summed E-state index contributed by atoms with van der Waals surface area (Å²) < 4.78 is 29.0. The summed E-state index contributed by atoms with van der Waals surface area (Å²) in [4.78, 5) is 0. The molecular weight excluding hydrogens is 284 g/mol.